The summed E-state index contributed by atoms with van der Waals surface area (Å²) in [4.78, 5) is 24.4. The molecule has 0 aliphatic carbocycles. The summed E-state index contributed by atoms with van der Waals surface area (Å²) in [5, 5.41) is 8.44. The molecule has 0 heterocycles. The number of nitrogens with one attached hydrogen (secondary N) is 2. The van der Waals surface area contributed by atoms with E-state index >= 15 is 0 Å². The summed E-state index contributed by atoms with van der Waals surface area (Å²) < 4.78 is 12.9. The van der Waals surface area contributed by atoms with Gasteiger partial charge in [-0.3, -0.25) is 9.59 Å². The van der Waals surface area contributed by atoms with Crippen molar-refractivity contribution in [2.24, 2.45) is 5.10 Å². The van der Waals surface area contributed by atoms with E-state index in [9.17, 15) is 14.0 Å². The molecule has 2 N–H and O–H groups in total. The quantitative estimate of drug-likeness (QED) is 0.529. The van der Waals surface area contributed by atoms with Crippen molar-refractivity contribution in [3.63, 3.8) is 0 Å². The SMILES string of the molecule is C/C(CC(=O)Nc1ccc(F)cc1)=N\NC(=O)c1cccc2ccccc12. The van der Waals surface area contributed by atoms with Gasteiger partial charge < -0.3 is 5.32 Å². The van der Waals surface area contributed by atoms with Gasteiger partial charge in [-0.1, -0.05) is 36.4 Å². The molecule has 27 heavy (non-hydrogen) atoms. The molecule has 0 aromatic heterocycles. The van der Waals surface area contributed by atoms with E-state index in [1.807, 2.05) is 36.4 Å². The molecule has 0 unspecified atom stereocenters. The van der Waals surface area contributed by atoms with Gasteiger partial charge in [0, 0.05) is 17.0 Å². The Balaban J connectivity index is 1.61. The van der Waals surface area contributed by atoms with Gasteiger partial charge in [0.05, 0.1) is 6.42 Å². The fraction of sp³-hybridized carbons (Fsp3) is 0.0952. The third-order valence-corrected chi connectivity index (χ3v) is 3.93. The van der Waals surface area contributed by atoms with E-state index in [0.29, 0.717) is 17.0 Å². The molecule has 2 amide bonds. The molecule has 3 aromatic rings. The molecular formula is C21H18FN3O2. The van der Waals surface area contributed by atoms with Crippen LogP contribution in [0, 0.1) is 5.82 Å². The number of nitrogens with zero attached hydrogens (tertiary/aromatic N) is 1. The molecule has 0 saturated heterocycles. The van der Waals surface area contributed by atoms with Crippen molar-refractivity contribution < 1.29 is 14.0 Å². The summed E-state index contributed by atoms with van der Waals surface area (Å²) in [5.41, 5.74) is 3.94. The Morgan fingerprint density at radius 1 is 0.963 bits per heavy atom. The highest BCUT2D eigenvalue weighted by Crippen LogP contribution is 2.18. The maximum Gasteiger partial charge on any atom is 0.271 e. The largest absolute Gasteiger partial charge is 0.326 e. The second kappa shape index (κ2) is 8.23. The van der Waals surface area contributed by atoms with E-state index in [2.05, 4.69) is 15.8 Å². The fourth-order valence-electron chi connectivity index (χ4n) is 2.64. The van der Waals surface area contributed by atoms with Crippen molar-refractivity contribution >= 4 is 34.0 Å². The van der Waals surface area contributed by atoms with Crippen LogP contribution in [0.2, 0.25) is 0 Å². The van der Waals surface area contributed by atoms with Crippen molar-refractivity contribution in [2.45, 2.75) is 13.3 Å². The summed E-state index contributed by atoms with van der Waals surface area (Å²) in [6, 6.07) is 18.5. The number of fused-ring (bicyclic) bond motifs is 1. The van der Waals surface area contributed by atoms with Crippen LogP contribution in [0.1, 0.15) is 23.7 Å². The molecule has 136 valence electrons. The summed E-state index contributed by atoms with van der Waals surface area (Å²) in [7, 11) is 0. The molecule has 0 spiro atoms. The van der Waals surface area contributed by atoms with Crippen LogP contribution in [-0.2, 0) is 4.79 Å². The molecule has 0 radical (unpaired) electrons. The van der Waals surface area contributed by atoms with E-state index in [1.165, 1.54) is 24.3 Å². The van der Waals surface area contributed by atoms with E-state index in [4.69, 9.17) is 0 Å². The molecule has 6 heteroatoms. The first-order chi connectivity index (χ1) is 13.0. The van der Waals surface area contributed by atoms with Gasteiger partial charge in [-0.05, 0) is 48.0 Å². The second-order valence-electron chi connectivity index (χ2n) is 6.05. The van der Waals surface area contributed by atoms with Crippen molar-refractivity contribution in [3.8, 4) is 0 Å². The van der Waals surface area contributed by atoms with Gasteiger partial charge in [-0.2, -0.15) is 5.10 Å². The number of rotatable bonds is 5. The lowest BCUT2D eigenvalue weighted by Gasteiger charge is -2.07. The minimum Gasteiger partial charge on any atom is -0.326 e. The van der Waals surface area contributed by atoms with Crippen LogP contribution < -0.4 is 10.7 Å². The topological polar surface area (TPSA) is 70.6 Å². The Bertz CT molecular complexity index is 1010. The molecule has 3 aromatic carbocycles. The van der Waals surface area contributed by atoms with Crippen LogP contribution in [0.25, 0.3) is 10.8 Å². The lowest BCUT2D eigenvalue weighted by molar-refractivity contribution is -0.115. The van der Waals surface area contributed by atoms with Crippen molar-refractivity contribution in [2.75, 3.05) is 5.32 Å². The summed E-state index contributed by atoms with van der Waals surface area (Å²) >= 11 is 0. The average Bonchev–Trinajstić information content (AvgIpc) is 2.67. The van der Waals surface area contributed by atoms with Crippen LogP contribution >= 0.6 is 0 Å². The first-order valence-corrected chi connectivity index (χ1v) is 8.39. The molecule has 0 atom stereocenters. The van der Waals surface area contributed by atoms with Crippen LogP contribution in [0.4, 0.5) is 10.1 Å². The minimum atomic E-state index is -0.373. The van der Waals surface area contributed by atoms with Crippen LogP contribution in [-0.4, -0.2) is 17.5 Å². The van der Waals surface area contributed by atoms with Gasteiger partial charge in [-0.15, -0.1) is 0 Å². The van der Waals surface area contributed by atoms with Crippen LogP contribution in [0.5, 0.6) is 0 Å². The first-order valence-electron chi connectivity index (χ1n) is 8.39. The summed E-state index contributed by atoms with van der Waals surface area (Å²) in [6.45, 7) is 1.65. The highest BCUT2D eigenvalue weighted by atomic mass is 19.1. The molecule has 0 aliphatic heterocycles. The Kier molecular flexibility index (Phi) is 5.56. The van der Waals surface area contributed by atoms with Crippen molar-refractivity contribution in [3.05, 3.63) is 78.1 Å². The number of hydrogen-bond acceptors (Lipinski definition) is 3. The molecule has 0 saturated carbocycles. The van der Waals surface area contributed by atoms with Gasteiger partial charge in [0.15, 0.2) is 0 Å². The monoisotopic (exact) mass is 363 g/mol. The lowest BCUT2D eigenvalue weighted by Crippen LogP contribution is -2.21. The minimum absolute atomic E-state index is 0.00714. The van der Waals surface area contributed by atoms with Gasteiger partial charge in [0.2, 0.25) is 5.91 Å². The average molecular weight is 363 g/mol. The molecule has 0 aliphatic rings. The number of carbonyl (C=O) groups is 2. The fourth-order valence-corrected chi connectivity index (χ4v) is 2.64. The normalized spacial score (nSPS) is 11.3. The van der Waals surface area contributed by atoms with Gasteiger partial charge in [-0.25, -0.2) is 9.82 Å². The maximum absolute atomic E-state index is 12.9. The number of hydrogen-bond donors (Lipinski definition) is 2. The predicted molar refractivity (Wildman–Crippen MR) is 104 cm³/mol. The van der Waals surface area contributed by atoms with Gasteiger partial charge >= 0.3 is 0 Å². The van der Waals surface area contributed by atoms with E-state index < -0.39 is 0 Å². The molecule has 3 rings (SSSR count). The third-order valence-electron chi connectivity index (χ3n) is 3.93. The molecular weight excluding hydrogens is 345 g/mol. The van der Waals surface area contributed by atoms with E-state index in [0.717, 1.165) is 10.8 Å². The highest BCUT2D eigenvalue weighted by molar-refractivity contribution is 6.08. The standard InChI is InChI=1S/C21H18FN3O2/c1-14(13-20(26)23-17-11-9-16(22)10-12-17)24-25-21(27)19-8-4-6-15-5-2-3-7-18(15)19/h2-12H,13H2,1H3,(H,23,26)(H,25,27)/b24-14+. The number of hydrazone groups is 1. The van der Waals surface area contributed by atoms with Crippen LogP contribution in [0.15, 0.2) is 71.8 Å². The zero-order chi connectivity index (χ0) is 19.2. The number of amides is 2. The van der Waals surface area contributed by atoms with Crippen LogP contribution in [0.3, 0.4) is 0 Å². The summed E-state index contributed by atoms with van der Waals surface area (Å²) in [5.74, 6) is -1.02. The number of carbonyl (C=O) groups excluding carboxylic acids is 2. The van der Waals surface area contributed by atoms with Gasteiger partial charge in [0.1, 0.15) is 5.82 Å². The second-order valence-corrected chi connectivity index (χ2v) is 6.05. The van der Waals surface area contributed by atoms with Crippen molar-refractivity contribution in [1.29, 1.82) is 0 Å². The van der Waals surface area contributed by atoms with E-state index in [-0.39, 0.29) is 24.1 Å². The molecule has 5 nitrogen and oxygen atoms in total. The smallest absolute Gasteiger partial charge is 0.271 e. The third kappa shape index (κ3) is 4.76. The Hall–Kier alpha value is -3.54. The molecule has 0 bridgehead atoms. The Labute approximate surface area is 155 Å². The molecule has 0 fully saturated rings. The number of anilines is 1. The van der Waals surface area contributed by atoms with E-state index in [1.54, 1.807) is 13.0 Å². The highest BCUT2D eigenvalue weighted by Gasteiger charge is 2.10. The number of benzene rings is 3. The predicted octanol–water partition coefficient (Wildman–Crippen LogP) is 4.11. The van der Waals surface area contributed by atoms with Crippen molar-refractivity contribution in [1.82, 2.24) is 5.43 Å². The Morgan fingerprint density at radius 2 is 1.67 bits per heavy atom. The zero-order valence-electron chi connectivity index (χ0n) is 14.7. The first kappa shape index (κ1) is 18.3. The zero-order valence-corrected chi connectivity index (χ0v) is 14.7. The Morgan fingerprint density at radius 3 is 2.44 bits per heavy atom. The number of halogens is 1. The lowest BCUT2D eigenvalue weighted by atomic mass is 10.0. The van der Waals surface area contributed by atoms with Gasteiger partial charge in [0.25, 0.3) is 5.91 Å². The summed E-state index contributed by atoms with van der Waals surface area (Å²) in [6.07, 6.45) is 0.00714. The maximum atomic E-state index is 12.9.